The van der Waals surface area contributed by atoms with E-state index < -0.39 is 23.3 Å². The summed E-state index contributed by atoms with van der Waals surface area (Å²) >= 11 is 6.44. The van der Waals surface area contributed by atoms with Crippen LogP contribution in [-0.4, -0.2) is 106 Å². The van der Waals surface area contributed by atoms with E-state index in [1.54, 1.807) is 45.8 Å². The fourth-order valence-electron chi connectivity index (χ4n) is 5.20. The van der Waals surface area contributed by atoms with Crippen molar-refractivity contribution in [2.24, 2.45) is 13.0 Å². The maximum Gasteiger partial charge on any atom is 0.291 e. The third-order valence-corrected chi connectivity index (χ3v) is 7.86. The Bertz CT molecular complexity index is 1620. The van der Waals surface area contributed by atoms with Crippen LogP contribution in [0.25, 0.3) is 11.3 Å². The smallest absolute Gasteiger partial charge is 0.291 e. The lowest BCUT2D eigenvalue weighted by Crippen LogP contribution is -2.52. The molecule has 0 spiro atoms. The molecule has 2 saturated heterocycles. The number of imidazole rings is 1. The highest BCUT2D eigenvalue weighted by molar-refractivity contribution is 6.34. The monoisotopic (exact) mass is 674 g/mol. The highest BCUT2D eigenvalue weighted by Crippen LogP contribution is 2.28. The van der Waals surface area contributed by atoms with Crippen LogP contribution in [0.15, 0.2) is 30.5 Å². The van der Waals surface area contributed by atoms with E-state index in [1.165, 1.54) is 34.8 Å². The number of aliphatic hydroxyl groups is 1. The number of piperazine rings is 1. The van der Waals surface area contributed by atoms with E-state index in [0.29, 0.717) is 38.4 Å². The molecule has 47 heavy (non-hydrogen) atoms. The molecular weight excluding hydrogens is 634 g/mol. The predicted molar refractivity (Wildman–Crippen MR) is 176 cm³/mol. The lowest BCUT2D eigenvalue weighted by Gasteiger charge is -2.36. The molecule has 2 fully saturated rings. The van der Waals surface area contributed by atoms with Gasteiger partial charge in [-0.25, -0.2) is 9.37 Å². The number of carbonyl (C=O) groups is 3. The SMILES string of the molecule is CC(C)(C)O.CN(C)c1nc(F)c(-c2cnc(C(=O)Nc3ccc(C(=O)N4CCN(C(=O)C5CCNC5)CC4)c(Cl)c3)n2C)cc1F. The van der Waals surface area contributed by atoms with Crippen molar-refractivity contribution in [2.45, 2.75) is 32.8 Å². The summed E-state index contributed by atoms with van der Waals surface area (Å²) in [5.41, 5.74) is 0.120. The quantitative estimate of drug-likeness (QED) is 0.339. The van der Waals surface area contributed by atoms with E-state index in [-0.39, 0.29) is 51.2 Å². The van der Waals surface area contributed by atoms with Crippen LogP contribution in [0.5, 0.6) is 0 Å². The number of anilines is 2. The molecule has 0 aliphatic carbocycles. The number of nitrogens with one attached hydrogen (secondary N) is 2. The summed E-state index contributed by atoms with van der Waals surface area (Å²) in [6, 6.07) is 5.55. The van der Waals surface area contributed by atoms with Gasteiger partial charge >= 0.3 is 0 Å². The van der Waals surface area contributed by atoms with Crippen molar-refractivity contribution in [3.05, 3.63) is 58.6 Å². The highest BCUT2D eigenvalue weighted by atomic mass is 35.5. The van der Waals surface area contributed by atoms with E-state index in [4.69, 9.17) is 16.7 Å². The number of rotatable bonds is 6. The number of hydrogen-bond acceptors (Lipinski definition) is 8. The maximum absolute atomic E-state index is 14.7. The molecule has 0 saturated carbocycles. The average Bonchev–Trinajstić information content (AvgIpc) is 3.67. The van der Waals surface area contributed by atoms with Crippen LogP contribution in [0, 0.1) is 17.7 Å². The first-order chi connectivity index (χ1) is 22.0. The second-order valence-electron chi connectivity index (χ2n) is 12.7. The Kier molecular flexibility index (Phi) is 11.2. The third-order valence-electron chi connectivity index (χ3n) is 7.55. The van der Waals surface area contributed by atoms with Gasteiger partial charge in [0, 0.05) is 59.6 Å². The van der Waals surface area contributed by atoms with Gasteiger partial charge in [-0.05, 0) is 58.0 Å². The molecule has 1 atom stereocenters. The minimum Gasteiger partial charge on any atom is -0.391 e. The van der Waals surface area contributed by atoms with Gasteiger partial charge in [-0.15, -0.1) is 0 Å². The molecule has 254 valence electrons. The van der Waals surface area contributed by atoms with Gasteiger partial charge in [0.25, 0.3) is 11.8 Å². The van der Waals surface area contributed by atoms with Gasteiger partial charge in [0.05, 0.1) is 39.6 Å². The zero-order valence-corrected chi connectivity index (χ0v) is 28.2. The summed E-state index contributed by atoms with van der Waals surface area (Å²) in [5.74, 6) is -2.58. The number of nitrogens with zero attached hydrogens (tertiary/aromatic N) is 6. The molecular formula is C32H41ClF2N8O4. The summed E-state index contributed by atoms with van der Waals surface area (Å²) < 4.78 is 30.5. The van der Waals surface area contributed by atoms with E-state index in [2.05, 4.69) is 20.6 Å². The van der Waals surface area contributed by atoms with Crippen LogP contribution >= 0.6 is 11.6 Å². The Hall–Kier alpha value is -4.14. The number of hydrogen-bond donors (Lipinski definition) is 3. The van der Waals surface area contributed by atoms with E-state index in [1.807, 2.05) is 4.90 Å². The molecule has 4 heterocycles. The Morgan fingerprint density at radius 1 is 1.09 bits per heavy atom. The molecule has 15 heteroatoms. The van der Waals surface area contributed by atoms with Crippen molar-refractivity contribution in [2.75, 3.05) is 63.6 Å². The molecule has 12 nitrogen and oxygen atoms in total. The first-order valence-corrected chi connectivity index (χ1v) is 15.6. The first kappa shape index (κ1) is 35.7. The number of halogens is 3. The Labute approximate surface area is 277 Å². The molecule has 1 aromatic carbocycles. The Morgan fingerprint density at radius 2 is 1.72 bits per heavy atom. The number of aromatic nitrogens is 3. The van der Waals surface area contributed by atoms with Gasteiger partial charge in [0.15, 0.2) is 17.5 Å². The van der Waals surface area contributed by atoms with Gasteiger partial charge < -0.3 is 35.0 Å². The summed E-state index contributed by atoms with van der Waals surface area (Å²) in [6.07, 6.45) is 2.09. The predicted octanol–water partition coefficient (Wildman–Crippen LogP) is 3.40. The topological polar surface area (TPSA) is 136 Å². The molecule has 3 aromatic rings. The van der Waals surface area contributed by atoms with Crippen molar-refractivity contribution in [3.8, 4) is 11.3 Å². The molecule has 0 radical (unpaired) electrons. The second kappa shape index (κ2) is 14.7. The van der Waals surface area contributed by atoms with Crippen LogP contribution in [-0.2, 0) is 11.8 Å². The fraction of sp³-hybridized carbons (Fsp3) is 0.469. The molecule has 3 N–H and O–H groups in total. The summed E-state index contributed by atoms with van der Waals surface area (Å²) in [5, 5.41) is 14.6. The van der Waals surface area contributed by atoms with Crippen LogP contribution in [0.3, 0.4) is 0 Å². The lowest BCUT2D eigenvalue weighted by molar-refractivity contribution is -0.136. The minimum atomic E-state index is -0.902. The molecule has 2 aliphatic rings. The summed E-state index contributed by atoms with van der Waals surface area (Å²) in [6.45, 7) is 8.50. The number of amides is 3. The number of benzene rings is 1. The fourth-order valence-corrected chi connectivity index (χ4v) is 5.46. The number of pyridine rings is 1. The zero-order valence-electron chi connectivity index (χ0n) is 27.4. The molecule has 2 aliphatic heterocycles. The zero-order chi connectivity index (χ0) is 34.6. The molecule has 1 unspecified atom stereocenters. The van der Waals surface area contributed by atoms with Crippen molar-refractivity contribution in [1.82, 2.24) is 29.7 Å². The van der Waals surface area contributed by atoms with E-state index in [9.17, 15) is 23.2 Å². The second-order valence-corrected chi connectivity index (χ2v) is 13.1. The normalized spacial score (nSPS) is 16.4. The highest BCUT2D eigenvalue weighted by Gasteiger charge is 2.31. The van der Waals surface area contributed by atoms with Crippen molar-refractivity contribution in [1.29, 1.82) is 0 Å². The molecule has 2 aromatic heterocycles. The Balaban J connectivity index is 0.000000930. The van der Waals surface area contributed by atoms with Crippen LogP contribution in [0.2, 0.25) is 5.02 Å². The van der Waals surface area contributed by atoms with Crippen molar-refractivity contribution >= 4 is 40.8 Å². The average molecular weight is 675 g/mol. The van der Waals surface area contributed by atoms with Crippen LogP contribution in [0.1, 0.15) is 48.2 Å². The maximum atomic E-state index is 14.7. The van der Waals surface area contributed by atoms with Gasteiger partial charge in [0.1, 0.15) is 0 Å². The minimum absolute atomic E-state index is 0.00222. The summed E-state index contributed by atoms with van der Waals surface area (Å²) in [7, 11) is 4.60. The van der Waals surface area contributed by atoms with Crippen molar-refractivity contribution < 1.29 is 28.3 Å². The largest absolute Gasteiger partial charge is 0.391 e. The van der Waals surface area contributed by atoms with Crippen LogP contribution in [0.4, 0.5) is 20.3 Å². The first-order valence-electron chi connectivity index (χ1n) is 15.2. The van der Waals surface area contributed by atoms with Gasteiger partial charge in [-0.2, -0.15) is 9.37 Å². The molecule has 3 amide bonds. The van der Waals surface area contributed by atoms with Gasteiger partial charge in [-0.1, -0.05) is 11.6 Å². The Morgan fingerprint density at radius 3 is 2.30 bits per heavy atom. The molecule has 5 rings (SSSR count). The van der Waals surface area contributed by atoms with Gasteiger partial charge in [-0.3, -0.25) is 14.4 Å². The van der Waals surface area contributed by atoms with E-state index >= 15 is 0 Å². The molecule has 0 bridgehead atoms. The van der Waals surface area contributed by atoms with Gasteiger partial charge in [0.2, 0.25) is 11.9 Å². The number of carbonyl (C=O) groups excluding carboxylic acids is 3. The lowest BCUT2D eigenvalue weighted by atomic mass is 10.1. The van der Waals surface area contributed by atoms with Crippen molar-refractivity contribution in [3.63, 3.8) is 0 Å². The standard InChI is InChI=1S/C28H31ClF2N8O3.C4H10O/c1-36(2)24-21(30)13-19(23(31)35-24)22-15-33-25(37(22)3)26(40)34-17-4-5-18(20(29)12-17)28(42)39-10-8-38(9-11-39)27(41)16-6-7-32-14-16;1-4(2,3)5/h4-5,12-13,15-16,32H,6-11,14H2,1-3H3,(H,34,40);5H,1-3H3. The van der Waals surface area contributed by atoms with E-state index in [0.717, 1.165) is 19.0 Å². The van der Waals surface area contributed by atoms with Crippen LogP contribution < -0.4 is 15.5 Å². The summed E-state index contributed by atoms with van der Waals surface area (Å²) in [4.78, 5) is 51.4. The third kappa shape index (κ3) is 8.82.